The van der Waals surface area contributed by atoms with Crippen LogP contribution in [-0.4, -0.2) is 57.4 Å². The van der Waals surface area contributed by atoms with E-state index in [1.807, 2.05) is 4.90 Å². The number of hydrogen-bond acceptors (Lipinski definition) is 5. The van der Waals surface area contributed by atoms with Crippen LogP contribution in [0, 0.1) is 11.7 Å². The minimum atomic E-state index is -3.82. The lowest BCUT2D eigenvalue weighted by atomic mass is 10.0. The molecule has 1 atom stereocenters. The Morgan fingerprint density at radius 2 is 1.90 bits per heavy atom. The second kappa shape index (κ2) is 7.87. The molecule has 0 spiro atoms. The van der Waals surface area contributed by atoms with Crippen LogP contribution in [0.4, 0.5) is 4.39 Å². The van der Waals surface area contributed by atoms with Gasteiger partial charge >= 0.3 is 0 Å². The first kappa shape index (κ1) is 20.0. The standard InChI is InChI=1S/C20H24FN3O4S/c1-13-18(14-2-4-16(21)5-3-14)29(26,27)23-19(13)24-9-6-17(7-10-24)22-20(25)15-8-11-28-12-15/h2-5,15,17H,6-12H2,1H3,(H,22,25)/t15-/m0/s1. The Kier molecular flexibility index (Phi) is 5.44. The number of sulfonamides is 1. The highest BCUT2D eigenvalue weighted by molar-refractivity contribution is 8.00. The van der Waals surface area contributed by atoms with E-state index in [9.17, 15) is 17.6 Å². The van der Waals surface area contributed by atoms with Gasteiger partial charge in [0, 0.05) is 31.3 Å². The number of halogens is 1. The lowest BCUT2D eigenvalue weighted by Crippen LogP contribution is -2.48. The van der Waals surface area contributed by atoms with E-state index in [2.05, 4.69) is 9.71 Å². The Labute approximate surface area is 169 Å². The zero-order chi connectivity index (χ0) is 20.6. The predicted octanol–water partition coefficient (Wildman–Crippen LogP) is 1.92. The maximum atomic E-state index is 13.2. The number of rotatable bonds is 3. The molecule has 2 fully saturated rings. The van der Waals surface area contributed by atoms with Gasteiger partial charge in [-0.2, -0.15) is 8.42 Å². The van der Waals surface area contributed by atoms with E-state index >= 15 is 0 Å². The topological polar surface area (TPSA) is 88.1 Å². The molecule has 1 amide bonds. The fourth-order valence-corrected chi connectivity index (χ4v) is 5.56. The molecule has 1 aromatic rings. The molecule has 3 heterocycles. The highest BCUT2D eigenvalue weighted by Crippen LogP contribution is 2.34. The molecule has 2 saturated heterocycles. The molecule has 3 aliphatic rings. The number of likely N-dealkylation sites (tertiary alicyclic amines) is 1. The van der Waals surface area contributed by atoms with Crippen LogP contribution in [0.2, 0.25) is 0 Å². The highest BCUT2D eigenvalue weighted by Gasteiger charge is 2.35. The molecule has 0 saturated carbocycles. The Bertz CT molecular complexity index is 958. The van der Waals surface area contributed by atoms with Gasteiger partial charge < -0.3 is 15.0 Å². The Morgan fingerprint density at radius 3 is 2.52 bits per heavy atom. The van der Waals surface area contributed by atoms with Crippen molar-refractivity contribution in [2.75, 3.05) is 26.3 Å². The number of carbonyl (C=O) groups excluding carboxylic acids is 1. The minimum absolute atomic E-state index is 0.0383. The van der Waals surface area contributed by atoms with Gasteiger partial charge in [-0.05, 0) is 43.9 Å². The molecule has 0 bridgehead atoms. The van der Waals surface area contributed by atoms with Crippen LogP contribution in [0.5, 0.6) is 0 Å². The van der Waals surface area contributed by atoms with Crippen molar-refractivity contribution in [1.29, 1.82) is 0 Å². The van der Waals surface area contributed by atoms with Gasteiger partial charge in [0.15, 0.2) is 0 Å². The molecule has 3 aliphatic heterocycles. The summed E-state index contributed by atoms with van der Waals surface area (Å²) in [4.78, 5) is 14.3. The Morgan fingerprint density at radius 1 is 1.21 bits per heavy atom. The van der Waals surface area contributed by atoms with Crippen molar-refractivity contribution in [2.45, 2.75) is 32.2 Å². The lowest BCUT2D eigenvalue weighted by Gasteiger charge is -2.34. The van der Waals surface area contributed by atoms with Crippen LogP contribution in [0.3, 0.4) is 0 Å². The smallest absolute Gasteiger partial charge is 0.285 e. The summed E-state index contributed by atoms with van der Waals surface area (Å²) in [6, 6.07) is 5.47. The van der Waals surface area contributed by atoms with Crippen molar-refractivity contribution in [2.24, 2.45) is 10.3 Å². The fraction of sp³-hybridized carbons (Fsp3) is 0.500. The van der Waals surface area contributed by atoms with Crippen LogP contribution in [-0.2, 0) is 19.6 Å². The predicted molar refractivity (Wildman–Crippen MR) is 107 cm³/mol. The van der Waals surface area contributed by atoms with Gasteiger partial charge in [0.2, 0.25) is 5.91 Å². The van der Waals surface area contributed by atoms with Crippen LogP contribution in [0.1, 0.15) is 31.7 Å². The molecule has 4 rings (SSSR count). The fourth-order valence-electron chi connectivity index (χ4n) is 4.08. The van der Waals surface area contributed by atoms with Gasteiger partial charge in [0.05, 0.1) is 12.5 Å². The number of benzene rings is 1. The molecule has 29 heavy (non-hydrogen) atoms. The monoisotopic (exact) mass is 421 g/mol. The van der Waals surface area contributed by atoms with E-state index in [1.54, 1.807) is 6.92 Å². The van der Waals surface area contributed by atoms with E-state index in [0.717, 1.165) is 19.3 Å². The van der Waals surface area contributed by atoms with Crippen LogP contribution in [0.25, 0.3) is 4.91 Å². The highest BCUT2D eigenvalue weighted by atomic mass is 32.2. The normalized spacial score (nSPS) is 24.7. The summed E-state index contributed by atoms with van der Waals surface area (Å²) < 4.78 is 47.7. The van der Waals surface area contributed by atoms with Gasteiger partial charge in [0.25, 0.3) is 10.0 Å². The van der Waals surface area contributed by atoms with Crippen molar-refractivity contribution in [3.8, 4) is 0 Å². The molecule has 156 valence electrons. The van der Waals surface area contributed by atoms with E-state index in [-0.39, 0.29) is 22.8 Å². The molecule has 0 aromatic heterocycles. The van der Waals surface area contributed by atoms with Crippen molar-refractivity contribution in [1.82, 2.24) is 10.2 Å². The Hall–Kier alpha value is -2.26. The van der Waals surface area contributed by atoms with Crippen LogP contribution in [0.15, 0.2) is 34.2 Å². The Balaban J connectivity index is 1.44. The number of amides is 1. The van der Waals surface area contributed by atoms with Crippen molar-refractivity contribution < 1.29 is 22.3 Å². The average Bonchev–Trinajstić information content (AvgIpc) is 3.30. The van der Waals surface area contributed by atoms with Crippen LogP contribution < -0.4 is 5.32 Å². The maximum absolute atomic E-state index is 13.2. The van der Waals surface area contributed by atoms with Gasteiger partial charge in [-0.25, -0.2) is 4.39 Å². The number of ether oxygens (including phenoxy) is 1. The van der Waals surface area contributed by atoms with Gasteiger partial charge in [0.1, 0.15) is 16.6 Å². The average molecular weight is 421 g/mol. The molecular weight excluding hydrogens is 397 g/mol. The molecule has 9 heteroatoms. The second-order valence-electron chi connectivity index (χ2n) is 7.68. The number of hydrogen-bond donors (Lipinski definition) is 1. The molecule has 1 aromatic carbocycles. The number of amidine groups is 1. The third-order valence-corrected chi connectivity index (χ3v) is 7.16. The molecule has 0 aliphatic carbocycles. The quantitative estimate of drug-likeness (QED) is 0.806. The van der Waals surface area contributed by atoms with E-state index in [1.165, 1.54) is 24.3 Å². The first-order valence-electron chi connectivity index (χ1n) is 9.80. The summed E-state index contributed by atoms with van der Waals surface area (Å²) in [5, 5.41) is 3.09. The van der Waals surface area contributed by atoms with E-state index in [4.69, 9.17) is 4.74 Å². The molecule has 0 unspecified atom stereocenters. The number of nitrogens with one attached hydrogen (secondary N) is 1. The SMILES string of the molecule is CC1=C(c2ccc(F)cc2)S(=O)(=O)N=C1N1CCC(NC(=O)[C@H]2CCOC2)CC1. The zero-order valence-electron chi connectivity index (χ0n) is 16.2. The summed E-state index contributed by atoms with van der Waals surface area (Å²) in [5.41, 5.74) is 1.01. The lowest BCUT2D eigenvalue weighted by molar-refractivity contribution is -0.125. The number of piperidine rings is 1. The maximum Gasteiger partial charge on any atom is 0.285 e. The van der Waals surface area contributed by atoms with Gasteiger partial charge in [-0.3, -0.25) is 4.79 Å². The molecule has 0 radical (unpaired) electrons. The van der Waals surface area contributed by atoms with Crippen molar-refractivity contribution in [3.05, 3.63) is 41.2 Å². The minimum Gasteiger partial charge on any atom is -0.381 e. The number of nitrogens with zero attached hydrogens (tertiary/aromatic N) is 2. The van der Waals surface area contributed by atoms with Gasteiger partial charge in [-0.1, -0.05) is 12.1 Å². The first-order valence-corrected chi connectivity index (χ1v) is 11.2. The summed E-state index contributed by atoms with van der Waals surface area (Å²) in [5.74, 6) is -0.00708. The summed E-state index contributed by atoms with van der Waals surface area (Å²) in [7, 11) is -3.82. The summed E-state index contributed by atoms with van der Waals surface area (Å²) >= 11 is 0. The van der Waals surface area contributed by atoms with E-state index in [0.29, 0.717) is 43.3 Å². The summed E-state index contributed by atoms with van der Waals surface area (Å²) in [6.45, 7) is 4.06. The van der Waals surface area contributed by atoms with Gasteiger partial charge in [-0.15, -0.1) is 4.40 Å². The zero-order valence-corrected chi connectivity index (χ0v) is 17.0. The van der Waals surface area contributed by atoms with Crippen molar-refractivity contribution in [3.63, 3.8) is 0 Å². The van der Waals surface area contributed by atoms with Crippen molar-refractivity contribution >= 4 is 26.7 Å². The van der Waals surface area contributed by atoms with E-state index < -0.39 is 15.8 Å². The summed E-state index contributed by atoms with van der Waals surface area (Å²) in [6.07, 6.45) is 2.20. The molecule has 7 nitrogen and oxygen atoms in total. The number of carbonyl (C=O) groups is 1. The third-order valence-electron chi connectivity index (χ3n) is 5.69. The third kappa shape index (κ3) is 4.06. The second-order valence-corrected chi connectivity index (χ2v) is 9.22. The first-order chi connectivity index (χ1) is 13.8. The van der Waals surface area contributed by atoms with Crippen LogP contribution >= 0.6 is 0 Å². The molecule has 1 N–H and O–H groups in total. The molecular formula is C20H24FN3O4S. The largest absolute Gasteiger partial charge is 0.381 e.